The zero-order chi connectivity index (χ0) is 9.26. The average Bonchev–Trinajstić information content (AvgIpc) is 2.52. The Hall–Kier alpha value is -1.97. The maximum atomic E-state index is 8.92. The first-order valence-corrected chi connectivity index (χ1v) is 3.76. The Morgan fingerprint density at radius 3 is 2.85 bits per heavy atom. The maximum Gasteiger partial charge on any atom is 0.302 e. The number of rotatable bonds is 1. The minimum Gasteiger partial charge on any atom is -0.480 e. The molecule has 1 aromatic carbocycles. The van der Waals surface area contributed by atoms with Gasteiger partial charge in [0.15, 0.2) is 0 Å². The first kappa shape index (κ1) is 7.67. The summed E-state index contributed by atoms with van der Waals surface area (Å²) in [4.78, 5) is 3.85. The lowest BCUT2D eigenvalue weighted by molar-refractivity contribution is 0.337. The first-order valence-electron chi connectivity index (χ1n) is 3.76. The van der Waals surface area contributed by atoms with Crippen molar-refractivity contribution in [3.63, 3.8) is 0 Å². The zero-order valence-electron chi connectivity index (χ0n) is 6.77. The van der Waals surface area contributed by atoms with Gasteiger partial charge >= 0.3 is 5.95 Å². The van der Waals surface area contributed by atoms with Crippen LogP contribution in [0.15, 0.2) is 34.9 Å². The van der Waals surface area contributed by atoms with E-state index in [9.17, 15) is 0 Å². The molecule has 0 saturated carbocycles. The fourth-order valence-electron chi connectivity index (χ4n) is 1.07. The molecular weight excluding hydrogens is 168 g/mol. The van der Waals surface area contributed by atoms with Gasteiger partial charge in [-0.15, -0.1) is 0 Å². The Bertz CT molecular complexity index is 423. The molecule has 66 valence electrons. The Kier molecular flexibility index (Phi) is 1.66. The first-order chi connectivity index (χ1) is 6.25. The summed E-state index contributed by atoms with van der Waals surface area (Å²) in [6, 6.07) is 7.10. The molecule has 2 aromatic rings. The summed E-state index contributed by atoms with van der Waals surface area (Å²) in [7, 11) is 0. The Labute approximate surface area is 74.6 Å². The molecule has 2 rings (SSSR count). The molecular formula is C9H8N2O2. The quantitative estimate of drug-likeness (QED) is 0.647. The SMILES string of the molecule is Nc1cccc(-c2ncc(O)o2)c1. The highest BCUT2D eigenvalue weighted by Gasteiger charge is 2.04. The summed E-state index contributed by atoms with van der Waals surface area (Å²) in [6.07, 6.45) is 1.25. The van der Waals surface area contributed by atoms with E-state index in [0.717, 1.165) is 5.56 Å². The molecule has 1 aromatic heterocycles. The van der Waals surface area contributed by atoms with Crippen LogP contribution in [0.1, 0.15) is 0 Å². The third-order valence-corrected chi connectivity index (χ3v) is 1.63. The number of aromatic nitrogens is 1. The number of benzene rings is 1. The van der Waals surface area contributed by atoms with Crippen molar-refractivity contribution in [2.45, 2.75) is 0 Å². The third kappa shape index (κ3) is 1.46. The Balaban J connectivity index is 2.46. The van der Waals surface area contributed by atoms with Crippen LogP contribution < -0.4 is 5.73 Å². The van der Waals surface area contributed by atoms with Crippen molar-refractivity contribution in [2.24, 2.45) is 0 Å². The van der Waals surface area contributed by atoms with Gasteiger partial charge in [-0.05, 0) is 18.2 Å². The van der Waals surface area contributed by atoms with Crippen molar-refractivity contribution in [3.05, 3.63) is 30.5 Å². The summed E-state index contributed by atoms with van der Waals surface area (Å²) in [5, 5.41) is 8.92. The summed E-state index contributed by atoms with van der Waals surface area (Å²) < 4.78 is 4.91. The van der Waals surface area contributed by atoms with Gasteiger partial charge < -0.3 is 15.3 Å². The van der Waals surface area contributed by atoms with Crippen LogP contribution in [0.4, 0.5) is 5.69 Å². The van der Waals surface area contributed by atoms with Crippen LogP contribution in [-0.4, -0.2) is 10.1 Å². The third-order valence-electron chi connectivity index (χ3n) is 1.63. The monoisotopic (exact) mass is 176 g/mol. The zero-order valence-corrected chi connectivity index (χ0v) is 6.77. The number of nitrogen functional groups attached to an aromatic ring is 1. The van der Waals surface area contributed by atoms with Crippen molar-refractivity contribution in [2.75, 3.05) is 5.73 Å². The second-order valence-electron chi connectivity index (χ2n) is 2.63. The van der Waals surface area contributed by atoms with Gasteiger partial charge in [-0.25, -0.2) is 4.98 Å². The van der Waals surface area contributed by atoms with E-state index in [0.29, 0.717) is 11.6 Å². The van der Waals surface area contributed by atoms with E-state index in [1.807, 2.05) is 6.07 Å². The topological polar surface area (TPSA) is 72.3 Å². The van der Waals surface area contributed by atoms with Crippen LogP contribution in [0.5, 0.6) is 5.95 Å². The van der Waals surface area contributed by atoms with Crippen molar-refractivity contribution < 1.29 is 9.52 Å². The molecule has 4 heteroatoms. The van der Waals surface area contributed by atoms with Crippen LogP contribution in [0.2, 0.25) is 0 Å². The van der Waals surface area contributed by atoms with Crippen molar-refractivity contribution >= 4 is 5.69 Å². The van der Waals surface area contributed by atoms with E-state index < -0.39 is 0 Å². The molecule has 0 amide bonds. The lowest BCUT2D eigenvalue weighted by atomic mass is 10.2. The highest BCUT2D eigenvalue weighted by Crippen LogP contribution is 2.23. The molecule has 0 saturated heterocycles. The molecule has 1 heterocycles. The molecule has 0 aliphatic carbocycles. The minimum atomic E-state index is -0.197. The predicted octanol–water partition coefficient (Wildman–Crippen LogP) is 1.63. The molecule has 0 radical (unpaired) electrons. The van der Waals surface area contributed by atoms with E-state index in [2.05, 4.69) is 4.98 Å². The van der Waals surface area contributed by atoms with E-state index in [1.54, 1.807) is 18.2 Å². The number of nitrogens with zero attached hydrogens (tertiary/aromatic N) is 1. The van der Waals surface area contributed by atoms with E-state index in [1.165, 1.54) is 6.20 Å². The van der Waals surface area contributed by atoms with E-state index in [4.69, 9.17) is 15.3 Å². The van der Waals surface area contributed by atoms with Gasteiger partial charge in [0.1, 0.15) is 6.20 Å². The van der Waals surface area contributed by atoms with Crippen LogP contribution >= 0.6 is 0 Å². The van der Waals surface area contributed by atoms with Crippen molar-refractivity contribution in [3.8, 4) is 17.4 Å². The van der Waals surface area contributed by atoms with E-state index in [-0.39, 0.29) is 5.95 Å². The smallest absolute Gasteiger partial charge is 0.302 e. The fourth-order valence-corrected chi connectivity index (χ4v) is 1.07. The van der Waals surface area contributed by atoms with Gasteiger partial charge in [-0.1, -0.05) is 6.07 Å². The number of nitrogens with two attached hydrogens (primary N) is 1. The Morgan fingerprint density at radius 2 is 2.23 bits per heavy atom. The average molecular weight is 176 g/mol. The second kappa shape index (κ2) is 2.82. The number of aromatic hydroxyl groups is 1. The molecule has 0 aliphatic heterocycles. The fraction of sp³-hybridized carbons (Fsp3) is 0. The van der Waals surface area contributed by atoms with Gasteiger partial charge in [0, 0.05) is 11.3 Å². The summed E-state index contributed by atoms with van der Waals surface area (Å²) in [6.45, 7) is 0. The molecule has 0 unspecified atom stereocenters. The highest BCUT2D eigenvalue weighted by molar-refractivity contribution is 5.59. The summed E-state index contributed by atoms with van der Waals surface area (Å²) in [5.74, 6) is 0.169. The molecule has 13 heavy (non-hydrogen) atoms. The number of hydrogen-bond donors (Lipinski definition) is 2. The van der Waals surface area contributed by atoms with Crippen LogP contribution in [-0.2, 0) is 0 Å². The predicted molar refractivity (Wildman–Crippen MR) is 48.0 cm³/mol. The minimum absolute atomic E-state index is 0.197. The molecule has 0 bridgehead atoms. The molecule has 4 nitrogen and oxygen atoms in total. The number of hydrogen-bond acceptors (Lipinski definition) is 4. The van der Waals surface area contributed by atoms with Gasteiger partial charge in [0.2, 0.25) is 5.89 Å². The van der Waals surface area contributed by atoms with Gasteiger partial charge in [0.05, 0.1) is 0 Å². The molecule has 0 atom stereocenters. The lowest BCUT2D eigenvalue weighted by Crippen LogP contribution is -1.84. The van der Waals surface area contributed by atoms with Crippen molar-refractivity contribution in [1.29, 1.82) is 0 Å². The van der Waals surface area contributed by atoms with Crippen LogP contribution in [0, 0.1) is 0 Å². The van der Waals surface area contributed by atoms with Gasteiger partial charge in [0.25, 0.3) is 0 Å². The molecule has 0 fully saturated rings. The van der Waals surface area contributed by atoms with Crippen molar-refractivity contribution in [1.82, 2.24) is 4.98 Å². The standard InChI is InChI=1S/C9H8N2O2/c10-7-3-1-2-6(4-7)9-11-5-8(12)13-9/h1-5,12H,10H2. The number of oxazole rings is 1. The Morgan fingerprint density at radius 1 is 1.38 bits per heavy atom. The van der Waals surface area contributed by atoms with Crippen LogP contribution in [0.3, 0.4) is 0 Å². The van der Waals surface area contributed by atoms with Gasteiger partial charge in [-0.2, -0.15) is 0 Å². The highest BCUT2D eigenvalue weighted by atomic mass is 16.5. The molecule has 0 spiro atoms. The second-order valence-corrected chi connectivity index (χ2v) is 2.63. The number of anilines is 1. The largest absolute Gasteiger partial charge is 0.480 e. The van der Waals surface area contributed by atoms with Gasteiger partial charge in [-0.3, -0.25) is 0 Å². The lowest BCUT2D eigenvalue weighted by Gasteiger charge is -1.95. The van der Waals surface area contributed by atoms with Crippen LogP contribution in [0.25, 0.3) is 11.5 Å². The molecule has 0 aliphatic rings. The summed E-state index contributed by atoms with van der Waals surface area (Å²) >= 11 is 0. The molecule has 3 N–H and O–H groups in total. The normalized spacial score (nSPS) is 10.2. The van der Waals surface area contributed by atoms with E-state index >= 15 is 0 Å². The maximum absolute atomic E-state index is 8.92. The summed E-state index contributed by atoms with van der Waals surface area (Å²) in [5.41, 5.74) is 6.96.